The first-order valence-corrected chi connectivity index (χ1v) is 11.3. The predicted octanol–water partition coefficient (Wildman–Crippen LogP) is 4.13. The van der Waals surface area contributed by atoms with E-state index in [-0.39, 0.29) is 10.5 Å². The van der Waals surface area contributed by atoms with Crippen molar-refractivity contribution >= 4 is 21.6 Å². The number of hydrogen-bond acceptors (Lipinski definition) is 4. The highest BCUT2D eigenvalue weighted by Crippen LogP contribution is 2.28. The van der Waals surface area contributed by atoms with Gasteiger partial charge >= 0.3 is 0 Å². The van der Waals surface area contributed by atoms with E-state index in [1.165, 1.54) is 23.5 Å². The number of sulfonamides is 1. The van der Waals surface area contributed by atoms with Crippen LogP contribution in [0.3, 0.4) is 0 Å². The van der Waals surface area contributed by atoms with E-state index in [0.29, 0.717) is 18.8 Å². The summed E-state index contributed by atoms with van der Waals surface area (Å²) in [7, 11) is -2.19. The molecule has 29 heavy (non-hydrogen) atoms. The van der Waals surface area contributed by atoms with Crippen molar-refractivity contribution in [1.82, 2.24) is 4.31 Å². The molecule has 0 spiro atoms. The zero-order valence-electron chi connectivity index (χ0n) is 17.2. The SMILES string of the molecule is COc1ccc(S(=O)(=O)N2CCCCCC2)cc1C(=O)Nc1c(C)cccc1C. The monoisotopic (exact) mass is 416 g/mol. The first-order chi connectivity index (χ1) is 13.8. The van der Waals surface area contributed by atoms with Gasteiger partial charge in [-0.25, -0.2) is 8.42 Å². The second kappa shape index (κ2) is 8.97. The number of amides is 1. The Morgan fingerprint density at radius 1 is 1.00 bits per heavy atom. The molecular formula is C22H28N2O4S. The fraction of sp³-hybridized carbons (Fsp3) is 0.409. The Morgan fingerprint density at radius 3 is 2.21 bits per heavy atom. The number of aryl methyl sites for hydroxylation is 2. The Bertz CT molecular complexity index is 974. The molecule has 1 fully saturated rings. The summed E-state index contributed by atoms with van der Waals surface area (Å²) in [5.74, 6) is -0.0595. The molecule has 1 saturated heterocycles. The van der Waals surface area contributed by atoms with Crippen LogP contribution in [0, 0.1) is 13.8 Å². The van der Waals surface area contributed by atoms with Crippen LogP contribution in [0.5, 0.6) is 5.75 Å². The van der Waals surface area contributed by atoms with E-state index in [0.717, 1.165) is 42.5 Å². The number of anilines is 1. The molecule has 1 aliphatic rings. The van der Waals surface area contributed by atoms with Gasteiger partial charge in [-0.1, -0.05) is 31.0 Å². The maximum atomic E-state index is 13.1. The number of ether oxygens (including phenoxy) is 1. The van der Waals surface area contributed by atoms with Gasteiger partial charge in [0.25, 0.3) is 5.91 Å². The van der Waals surface area contributed by atoms with Crippen LogP contribution in [-0.4, -0.2) is 38.8 Å². The summed E-state index contributed by atoms with van der Waals surface area (Å²) < 4.78 is 33.1. The van der Waals surface area contributed by atoms with Gasteiger partial charge in [0.05, 0.1) is 17.6 Å². The molecule has 156 valence electrons. The van der Waals surface area contributed by atoms with Gasteiger partial charge in [-0.3, -0.25) is 4.79 Å². The number of rotatable bonds is 5. The van der Waals surface area contributed by atoms with Crippen molar-refractivity contribution in [3.8, 4) is 5.75 Å². The number of carbonyl (C=O) groups excluding carboxylic acids is 1. The quantitative estimate of drug-likeness (QED) is 0.795. The van der Waals surface area contributed by atoms with Gasteiger partial charge in [-0.15, -0.1) is 0 Å². The van der Waals surface area contributed by atoms with Gasteiger partial charge in [0.15, 0.2) is 0 Å². The Morgan fingerprint density at radius 2 is 1.62 bits per heavy atom. The lowest BCUT2D eigenvalue weighted by atomic mass is 10.1. The second-order valence-electron chi connectivity index (χ2n) is 7.40. The zero-order valence-corrected chi connectivity index (χ0v) is 18.0. The van der Waals surface area contributed by atoms with Crippen molar-refractivity contribution in [2.24, 2.45) is 0 Å². The van der Waals surface area contributed by atoms with E-state index in [2.05, 4.69) is 5.32 Å². The average molecular weight is 417 g/mol. The van der Waals surface area contributed by atoms with Crippen molar-refractivity contribution in [2.75, 3.05) is 25.5 Å². The average Bonchev–Trinajstić information content (AvgIpc) is 3.00. The maximum Gasteiger partial charge on any atom is 0.259 e. The minimum absolute atomic E-state index is 0.117. The number of benzene rings is 2. The zero-order chi connectivity index (χ0) is 21.0. The third-order valence-corrected chi connectivity index (χ3v) is 7.23. The van der Waals surface area contributed by atoms with Gasteiger partial charge in [-0.2, -0.15) is 4.31 Å². The fourth-order valence-electron chi connectivity index (χ4n) is 3.65. The minimum Gasteiger partial charge on any atom is -0.496 e. The van der Waals surface area contributed by atoms with E-state index in [9.17, 15) is 13.2 Å². The summed E-state index contributed by atoms with van der Waals surface area (Å²) in [6, 6.07) is 10.2. The lowest BCUT2D eigenvalue weighted by Gasteiger charge is -2.21. The second-order valence-corrected chi connectivity index (χ2v) is 9.34. The van der Waals surface area contributed by atoms with E-state index < -0.39 is 15.9 Å². The first-order valence-electron chi connectivity index (χ1n) is 9.90. The molecule has 6 nitrogen and oxygen atoms in total. The van der Waals surface area contributed by atoms with Crippen LogP contribution in [0.1, 0.15) is 47.2 Å². The summed E-state index contributed by atoms with van der Waals surface area (Å²) in [6.45, 7) is 4.86. The molecule has 0 atom stereocenters. The largest absolute Gasteiger partial charge is 0.496 e. The number of nitrogens with one attached hydrogen (secondary N) is 1. The maximum absolute atomic E-state index is 13.1. The Balaban J connectivity index is 1.95. The topological polar surface area (TPSA) is 75.7 Å². The highest BCUT2D eigenvalue weighted by atomic mass is 32.2. The lowest BCUT2D eigenvalue weighted by molar-refractivity contribution is 0.102. The molecule has 1 N–H and O–H groups in total. The molecule has 2 aromatic rings. The Kier molecular flexibility index (Phi) is 6.59. The van der Waals surface area contributed by atoms with Crippen LogP contribution in [-0.2, 0) is 10.0 Å². The standard InChI is InChI=1S/C22H28N2O4S/c1-16-9-8-10-17(2)21(16)23-22(25)19-15-18(11-12-20(19)28-3)29(26,27)24-13-6-4-5-7-14-24/h8-12,15H,4-7,13-14H2,1-3H3,(H,23,25). The molecular weight excluding hydrogens is 388 g/mol. The van der Waals surface area contributed by atoms with Crippen molar-refractivity contribution in [3.63, 3.8) is 0 Å². The number of nitrogens with zero attached hydrogens (tertiary/aromatic N) is 1. The molecule has 0 bridgehead atoms. The molecule has 0 saturated carbocycles. The van der Waals surface area contributed by atoms with Crippen molar-refractivity contribution in [3.05, 3.63) is 53.1 Å². The summed E-state index contributed by atoms with van der Waals surface area (Å²) in [5, 5.41) is 2.91. The molecule has 0 unspecified atom stereocenters. The van der Waals surface area contributed by atoms with Gasteiger partial charge in [-0.05, 0) is 56.0 Å². The minimum atomic E-state index is -3.66. The summed E-state index contributed by atoms with van der Waals surface area (Å²) in [5.41, 5.74) is 2.79. The Hall–Kier alpha value is -2.38. The number of methoxy groups -OCH3 is 1. The predicted molar refractivity (Wildman–Crippen MR) is 114 cm³/mol. The smallest absolute Gasteiger partial charge is 0.259 e. The van der Waals surface area contributed by atoms with E-state index in [4.69, 9.17) is 4.74 Å². The highest BCUT2D eigenvalue weighted by Gasteiger charge is 2.27. The van der Waals surface area contributed by atoms with Gasteiger partial charge < -0.3 is 10.1 Å². The van der Waals surface area contributed by atoms with Crippen LogP contribution >= 0.6 is 0 Å². The van der Waals surface area contributed by atoms with Crippen molar-refractivity contribution in [1.29, 1.82) is 0 Å². The van der Waals surface area contributed by atoms with Crippen molar-refractivity contribution < 1.29 is 17.9 Å². The summed E-state index contributed by atoms with van der Waals surface area (Å²) in [4.78, 5) is 13.1. The molecule has 7 heteroatoms. The molecule has 1 heterocycles. The van der Waals surface area contributed by atoms with Gasteiger partial charge in [0.1, 0.15) is 5.75 Å². The molecule has 1 amide bonds. The molecule has 0 radical (unpaired) electrons. The lowest BCUT2D eigenvalue weighted by Crippen LogP contribution is -2.32. The molecule has 1 aliphatic heterocycles. The fourth-order valence-corrected chi connectivity index (χ4v) is 5.19. The van der Waals surface area contributed by atoms with Crippen LogP contribution in [0.4, 0.5) is 5.69 Å². The van der Waals surface area contributed by atoms with E-state index in [1.54, 1.807) is 6.07 Å². The summed E-state index contributed by atoms with van der Waals surface area (Å²) in [6.07, 6.45) is 3.79. The molecule has 0 aliphatic carbocycles. The summed E-state index contributed by atoms with van der Waals surface area (Å²) >= 11 is 0. The number of hydrogen-bond donors (Lipinski definition) is 1. The van der Waals surface area contributed by atoms with Crippen molar-refractivity contribution in [2.45, 2.75) is 44.4 Å². The third kappa shape index (κ3) is 4.62. The van der Waals surface area contributed by atoms with E-state index >= 15 is 0 Å². The normalized spacial score (nSPS) is 15.6. The van der Waals surface area contributed by atoms with E-state index in [1.807, 2.05) is 32.0 Å². The molecule has 0 aromatic heterocycles. The van der Waals surface area contributed by atoms with Crippen LogP contribution in [0.25, 0.3) is 0 Å². The van der Waals surface area contributed by atoms with Crippen LogP contribution < -0.4 is 10.1 Å². The molecule has 2 aromatic carbocycles. The van der Waals surface area contributed by atoms with Gasteiger partial charge in [0, 0.05) is 18.8 Å². The van der Waals surface area contributed by atoms with Gasteiger partial charge in [0.2, 0.25) is 10.0 Å². The first kappa shape index (κ1) is 21.3. The highest BCUT2D eigenvalue weighted by molar-refractivity contribution is 7.89. The Labute approximate surface area is 172 Å². The number of para-hydroxylation sites is 1. The molecule has 3 rings (SSSR count). The number of carbonyl (C=O) groups is 1. The third-order valence-electron chi connectivity index (χ3n) is 5.34. The van der Waals surface area contributed by atoms with Crippen LogP contribution in [0.15, 0.2) is 41.3 Å². The van der Waals surface area contributed by atoms with Crippen LogP contribution in [0.2, 0.25) is 0 Å².